The van der Waals surface area contributed by atoms with Gasteiger partial charge in [0.15, 0.2) is 0 Å². The van der Waals surface area contributed by atoms with Gasteiger partial charge in [-0.25, -0.2) is 0 Å². The second kappa shape index (κ2) is 5.50. The molecule has 1 N–H and O–H groups in total. The lowest BCUT2D eigenvalue weighted by atomic mass is 9.72. The molecule has 2 heteroatoms. The summed E-state index contributed by atoms with van der Waals surface area (Å²) in [5, 5.41) is 10.5. The van der Waals surface area contributed by atoms with Crippen molar-refractivity contribution in [3.05, 3.63) is 0 Å². The first-order valence-electron chi connectivity index (χ1n) is 6.80. The van der Waals surface area contributed by atoms with Gasteiger partial charge < -0.3 is 5.11 Å². The molecule has 0 aromatic carbocycles. The van der Waals surface area contributed by atoms with Gasteiger partial charge in [-0.2, -0.15) is 0 Å². The molecule has 0 amide bonds. The molecule has 0 saturated heterocycles. The summed E-state index contributed by atoms with van der Waals surface area (Å²) in [4.78, 5) is 2.47. The minimum atomic E-state index is -0.167. The van der Waals surface area contributed by atoms with Gasteiger partial charge in [-0.3, -0.25) is 4.90 Å². The van der Waals surface area contributed by atoms with E-state index in [-0.39, 0.29) is 11.5 Å². The van der Waals surface area contributed by atoms with E-state index in [1.807, 2.05) is 0 Å². The van der Waals surface area contributed by atoms with Gasteiger partial charge in [-0.15, -0.1) is 0 Å². The molecule has 1 fully saturated rings. The first-order valence-corrected chi connectivity index (χ1v) is 6.80. The zero-order chi connectivity index (χ0) is 12.3. The van der Waals surface area contributed by atoms with Crippen molar-refractivity contribution in [2.45, 2.75) is 66.0 Å². The van der Waals surface area contributed by atoms with Crippen LogP contribution in [0.3, 0.4) is 0 Å². The summed E-state index contributed by atoms with van der Waals surface area (Å²) in [7, 11) is 0. The van der Waals surface area contributed by atoms with Crippen LogP contribution < -0.4 is 0 Å². The molecule has 2 atom stereocenters. The monoisotopic (exact) mass is 227 g/mol. The Morgan fingerprint density at radius 2 is 2.00 bits per heavy atom. The highest BCUT2D eigenvalue weighted by Crippen LogP contribution is 2.37. The Labute approximate surface area is 101 Å². The van der Waals surface area contributed by atoms with Crippen molar-refractivity contribution >= 4 is 0 Å². The first kappa shape index (κ1) is 14.0. The molecule has 0 radical (unpaired) electrons. The number of aliphatic hydroxyl groups excluding tert-OH is 1. The summed E-state index contributed by atoms with van der Waals surface area (Å²) < 4.78 is 0. The van der Waals surface area contributed by atoms with Crippen LogP contribution in [0.5, 0.6) is 0 Å². The number of hydrogen-bond acceptors (Lipinski definition) is 2. The lowest BCUT2D eigenvalue weighted by Crippen LogP contribution is -2.53. The van der Waals surface area contributed by atoms with Crippen molar-refractivity contribution in [1.82, 2.24) is 4.90 Å². The smallest absolute Gasteiger partial charge is 0.0746 e. The van der Waals surface area contributed by atoms with Crippen LogP contribution >= 0.6 is 0 Å². The molecule has 0 aromatic rings. The number of rotatable bonds is 4. The van der Waals surface area contributed by atoms with Gasteiger partial charge in [-0.05, 0) is 30.7 Å². The molecule has 2 nitrogen and oxygen atoms in total. The third kappa shape index (κ3) is 3.21. The van der Waals surface area contributed by atoms with E-state index in [0.29, 0.717) is 12.0 Å². The fourth-order valence-corrected chi connectivity index (χ4v) is 2.94. The molecule has 0 aromatic heterocycles. The molecule has 0 aliphatic heterocycles. The van der Waals surface area contributed by atoms with Crippen LogP contribution in [-0.4, -0.2) is 35.2 Å². The van der Waals surface area contributed by atoms with Crippen molar-refractivity contribution < 1.29 is 5.11 Å². The van der Waals surface area contributed by atoms with E-state index in [0.717, 1.165) is 25.9 Å². The molecule has 1 saturated carbocycles. The third-order valence-electron chi connectivity index (χ3n) is 3.96. The van der Waals surface area contributed by atoms with Crippen LogP contribution in [0, 0.1) is 11.3 Å². The molecule has 0 spiro atoms. The highest BCUT2D eigenvalue weighted by atomic mass is 16.3. The second-order valence-electron chi connectivity index (χ2n) is 6.37. The minimum Gasteiger partial charge on any atom is -0.391 e. The van der Waals surface area contributed by atoms with Crippen molar-refractivity contribution in [3.63, 3.8) is 0 Å². The van der Waals surface area contributed by atoms with Gasteiger partial charge in [0.25, 0.3) is 0 Å². The topological polar surface area (TPSA) is 23.5 Å². The zero-order valence-corrected chi connectivity index (χ0v) is 11.7. The highest BCUT2D eigenvalue weighted by molar-refractivity contribution is 4.93. The van der Waals surface area contributed by atoms with E-state index in [1.165, 1.54) is 6.42 Å². The van der Waals surface area contributed by atoms with E-state index >= 15 is 0 Å². The lowest BCUT2D eigenvalue weighted by Gasteiger charge is -2.46. The van der Waals surface area contributed by atoms with Gasteiger partial charge in [0.1, 0.15) is 0 Å². The van der Waals surface area contributed by atoms with Gasteiger partial charge in [0.2, 0.25) is 0 Å². The van der Waals surface area contributed by atoms with Crippen molar-refractivity contribution in [2.75, 3.05) is 13.1 Å². The van der Waals surface area contributed by atoms with Gasteiger partial charge in [0.05, 0.1) is 6.10 Å². The molecular weight excluding hydrogens is 198 g/mol. The minimum absolute atomic E-state index is 0.0906. The molecule has 96 valence electrons. The maximum Gasteiger partial charge on any atom is 0.0746 e. The average molecular weight is 227 g/mol. The molecule has 0 heterocycles. The highest BCUT2D eigenvalue weighted by Gasteiger charge is 2.39. The van der Waals surface area contributed by atoms with Crippen LogP contribution in [0.1, 0.15) is 53.9 Å². The summed E-state index contributed by atoms with van der Waals surface area (Å²) in [6.45, 7) is 13.3. The van der Waals surface area contributed by atoms with Crippen molar-refractivity contribution in [1.29, 1.82) is 0 Å². The average Bonchev–Trinajstić information content (AvgIpc) is 2.19. The Morgan fingerprint density at radius 1 is 1.38 bits per heavy atom. The molecule has 2 unspecified atom stereocenters. The summed E-state index contributed by atoms with van der Waals surface area (Å²) in [5.41, 5.74) is 0.0906. The standard InChI is InChI=1S/C14H29NO/c1-6-15(10-11(2)3)12-8-7-9-14(4,5)13(12)16/h11-13,16H,6-10H2,1-5H3. The van der Waals surface area contributed by atoms with E-state index in [2.05, 4.69) is 39.5 Å². The maximum atomic E-state index is 10.5. The Morgan fingerprint density at radius 3 is 2.50 bits per heavy atom. The fourth-order valence-electron chi connectivity index (χ4n) is 2.94. The summed E-state index contributed by atoms with van der Waals surface area (Å²) in [6.07, 6.45) is 3.40. The largest absolute Gasteiger partial charge is 0.391 e. The second-order valence-corrected chi connectivity index (χ2v) is 6.37. The third-order valence-corrected chi connectivity index (χ3v) is 3.96. The van der Waals surface area contributed by atoms with Crippen LogP contribution in [0.2, 0.25) is 0 Å². The molecule has 0 bridgehead atoms. The lowest BCUT2D eigenvalue weighted by molar-refractivity contribution is -0.0585. The molecule has 1 aliphatic rings. The van der Waals surface area contributed by atoms with Crippen molar-refractivity contribution in [2.24, 2.45) is 11.3 Å². The molecular formula is C14H29NO. The van der Waals surface area contributed by atoms with E-state index < -0.39 is 0 Å². The van der Waals surface area contributed by atoms with E-state index in [9.17, 15) is 5.11 Å². The SMILES string of the molecule is CCN(CC(C)C)C1CCCC(C)(C)C1O. The molecule has 16 heavy (non-hydrogen) atoms. The Hall–Kier alpha value is -0.0800. The summed E-state index contributed by atoms with van der Waals surface area (Å²) in [5.74, 6) is 0.678. The van der Waals surface area contributed by atoms with Crippen LogP contribution in [0.15, 0.2) is 0 Å². The van der Waals surface area contributed by atoms with E-state index in [1.54, 1.807) is 0 Å². The number of likely N-dealkylation sites (N-methyl/N-ethyl adjacent to an activating group) is 1. The molecule has 1 aliphatic carbocycles. The van der Waals surface area contributed by atoms with Gasteiger partial charge in [0, 0.05) is 12.6 Å². The summed E-state index contributed by atoms with van der Waals surface area (Å²) in [6, 6.07) is 0.371. The summed E-state index contributed by atoms with van der Waals surface area (Å²) >= 11 is 0. The molecule has 1 rings (SSSR count). The van der Waals surface area contributed by atoms with Crippen LogP contribution in [0.25, 0.3) is 0 Å². The normalized spacial score (nSPS) is 30.0. The first-order chi connectivity index (χ1) is 7.38. The predicted molar refractivity (Wildman–Crippen MR) is 69.5 cm³/mol. The Bertz CT molecular complexity index is 213. The zero-order valence-electron chi connectivity index (χ0n) is 11.7. The Kier molecular flexibility index (Phi) is 4.81. The van der Waals surface area contributed by atoms with Crippen LogP contribution in [0.4, 0.5) is 0 Å². The van der Waals surface area contributed by atoms with Gasteiger partial charge >= 0.3 is 0 Å². The van der Waals surface area contributed by atoms with E-state index in [4.69, 9.17) is 0 Å². The number of nitrogens with zero attached hydrogens (tertiary/aromatic N) is 1. The quantitative estimate of drug-likeness (QED) is 0.798. The maximum absolute atomic E-state index is 10.5. The van der Waals surface area contributed by atoms with Crippen molar-refractivity contribution in [3.8, 4) is 0 Å². The predicted octanol–water partition coefficient (Wildman–Crippen LogP) is 2.90. The van der Waals surface area contributed by atoms with Gasteiger partial charge in [-0.1, -0.05) is 41.0 Å². The van der Waals surface area contributed by atoms with Crippen LogP contribution in [-0.2, 0) is 0 Å². The fraction of sp³-hybridized carbons (Fsp3) is 1.00. The number of hydrogen-bond donors (Lipinski definition) is 1. The Balaban J connectivity index is 2.69. The number of aliphatic hydroxyl groups is 1.